The highest BCUT2D eigenvalue weighted by atomic mass is 16.5. The van der Waals surface area contributed by atoms with Gasteiger partial charge in [-0.1, -0.05) is 30.3 Å². The summed E-state index contributed by atoms with van der Waals surface area (Å²) in [5, 5.41) is 22.5. The number of aryl methyl sites for hydroxylation is 3. The van der Waals surface area contributed by atoms with Crippen LogP contribution < -0.4 is 10.1 Å². The van der Waals surface area contributed by atoms with E-state index >= 15 is 0 Å². The molecule has 0 spiro atoms. The second-order valence-electron chi connectivity index (χ2n) is 8.18. The number of pyridine rings is 1. The van der Waals surface area contributed by atoms with Crippen molar-refractivity contribution in [2.45, 2.75) is 37.9 Å². The van der Waals surface area contributed by atoms with Crippen LogP contribution in [-0.2, 0) is 19.3 Å². The molecule has 1 aliphatic heterocycles. The summed E-state index contributed by atoms with van der Waals surface area (Å²) in [6, 6.07) is 17.1. The molecule has 166 valence electrons. The lowest BCUT2D eigenvalue weighted by atomic mass is 9.97. The molecule has 2 aromatic carbocycles. The number of carboxylic acid groups (broad SMARTS) is 1. The Labute approximate surface area is 187 Å². The Bertz CT molecular complexity index is 1040. The van der Waals surface area contributed by atoms with Gasteiger partial charge < -0.3 is 20.3 Å². The summed E-state index contributed by atoms with van der Waals surface area (Å²) in [5.74, 6) is 0.0369. The third-order valence-corrected chi connectivity index (χ3v) is 5.84. The van der Waals surface area contributed by atoms with E-state index in [4.69, 9.17) is 9.84 Å². The highest BCUT2D eigenvalue weighted by Crippen LogP contribution is 2.29. The molecule has 0 fully saturated rings. The van der Waals surface area contributed by atoms with Crippen LogP contribution in [0.3, 0.4) is 0 Å². The molecule has 32 heavy (non-hydrogen) atoms. The minimum atomic E-state index is -0.899. The maximum atomic E-state index is 11.0. The molecule has 6 nitrogen and oxygen atoms in total. The molecule has 2 heterocycles. The highest BCUT2D eigenvalue weighted by Gasteiger charge is 2.20. The van der Waals surface area contributed by atoms with Gasteiger partial charge in [-0.3, -0.25) is 4.98 Å². The standard InChI is InChI=1S/C26H28N2O4/c29-24(22-2-1-13-27-15-22)17-28-16-23-11-10-21-14-19(7-12-25(21)32-23)4-3-18-5-8-20(9-6-18)26(30)31/h1-2,5-9,12-15,23-24,28-29H,3-4,10-11,16-17H2,(H,30,31). The quantitative estimate of drug-likeness (QED) is 0.479. The van der Waals surface area contributed by atoms with E-state index in [1.807, 2.05) is 24.3 Å². The second-order valence-corrected chi connectivity index (χ2v) is 8.18. The predicted molar refractivity (Wildman–Crippen MR) is 122 cm³/mol. The van der Waals surface area contributed by atoms with Crippen molar-refractivity contribution in [1.29, 1.82) is 0 Å². The Morgan fingerprint density at radius 1 is 1.12 bits per heavy atom. The lowest BCUT2D eigenvalue weighted by Crippen LogP contribution is -2.36. The number of carboxylic acids is 1. The first-order chi connectivity index (χ1) is 15.6. The summed E-state index contributed by atoms with van der Waals surface area (Å²) in [6.07, 6.45) is 6.55. The van der Waals surface area contributed by atoms with E-state index in [1.54, 1.807) is 24.5 Å². The van der Waals surface area contributed by atoms with Crippen LogP contribution in [0.5, 0.6) is 5.75 Å². The zero-order valence-electron chi connectivity index (χ0n) is 17.9. The summed E-state index contributed by atoms with van der Waals surface area (Å²) < 4.78 is 6.16. The van der Waals surface area contributed by atoms with Gasteiger partial charge in [-0.2, -0.15) is 0 Å². The number of aliphatic hydroxyl groups is 1. The topological polar surface area (TPSA) is 91.7 Å². The molecule has 1 aliphatic rings. The van der Waals surface area contributed by atoms with Crippen molar-refractivity contribution in [3.8, 4) is 5.75 Å². The van der Waals surface area contributed by atoms with Gasteiger partial charge in [-0.15, -0.1) is 0 Å². The molecule has 0 radical (unpaired) electrons. The number of carbonyl (C=O) groups is 1. The fraction of sp³-hybridized carbons (Fsp3) is 0.308. The summed E-state index contributed by atoms with van der Waals surface area (Å²) in [5.41, 5.74) is 4.74. The van der Waals surface area contributed by atoms with E-state index in [-0.39, 0.29) is 6.10 Å². The van der Waals surface area contributed by atoms with Gasteiger partial charge in [0.05, 0.1) is 11.7 Å². The minimum absolute atomic E-state index is 0.0854. The van der Waals surface area contributed by atoms with Crippen molar-refractivity contribution in [1.82, 2.24) is 10.3 Å². The number of aromatic carboxylic acids is 1. The smallest absolute Gasteiger partial charge is 0.335 e. The maximum absolute atomic E-state index is 11.0. The summed E-state index contributed by atoms with van der Waals surface area (Å²) in [6.45, 7) is 1.15. The largest absolute Gasteiger partial charge is 0.489 e. The van der Waals surface area contributed by atoms with E-state index in [0.717, 1.165) is 42.6 Å². The first-order valence-electron chi connectivity index (χ1n) is 11.0. The van der Waals surface area contributed by atoms with Gasteiger partial charge >= 0.3 is 5.97 Å². The number of aromatic nitrogens is 1. The number of hydrogen-bond donors (Lipinski definition) is 3. The van der Waals surface area contributed by atoms with Gasteiger partial charge in [-0.05, 0) is 66.6 Å². The Kier molecular flexibility index (Phi) is 7.14. The van der Waals surface area contributed by atoms with Crippen LogP contribution in [0, 0.1) is 0 Å². The minimum Gasteiger partial charge on any atom is -0.489 e. The number of benzene rings is 2. The van der Waals surface area contributed by atoms with Gasteiger partial charge in [-0.25, -0.2) is 4.79 Å². The lowest BCUT2D eigenvalue weighted by Gasteiger charge is -2.27. The molecule has 0 bridgehead atoms. The molecule has 4 rings (SSSR count). The number of nitrogens with one attached hydrogen (secondary N) is 1. The van der Waals surface area contributed by atoms with Gasteiger partial charge in [0.25, 0.3) is 0 Å². The Morgan fingerprint density at radius 3 is 2.66 bits per heavy atom. The number of fused-ring (bicyclic) bond motifs is 1. The van der Waals surface area contributed by atoms with Crippen LogP contribution in [-0.4, -0.2) is 40.4 Å². The van der Waals surface area contributed by atoms with E-state index in [9.17, 15) is 9.90 Å². The van der Waals surface area contributed by atoms with Crippen LogP contribution in [0.4, 0.5) is 0 Å². The van der Waals surface area contributed by atoms with E-state index in [0.29, 0.717) is 18.7 Å². The van der Waals surface area contributed by atoms with Crippen molar-refractivity contribution in [2.75, 3.05) is 13.1 Å². The number of ether oxygens (including phenoxy) is 1. The number of nitrogens with zero attached hydrogens (tertiary/aromatic N) is 1. The molecule has 2 unspecified atom stereocenters. The number of hydrogen-bond acceptors (Lipinski definition) is 5. The van der Waals surface area contributed by atoms with Crippen molar-refractivity contribution < 1.29 is 19.7 Å². The average molecular weight is 433 g/mol. The number of aliphatic hydroxyl groups excluding tert-OH is 1. The van der Waals surface area contributed by atoms with Crippen molar-refractivity contribution in [3.05, 3.63) is 94.8 Å². The summed E-state index contributed by atoms with van der Waals surface area (Å²) in [7, 11) is 0. The lowest BCUT2D eigenvalue weighted by molar-refractivity contribution is 0.0697. The van der Waals surface area contributed by atoms with E-state index in [1.165, 1.54) is 11.1 Å². The van der Waals surface area contributed by atoms with Crippen molar-refractivity contribution in [3.63, 3.8) is 0 Å². The molecular weight excluding hydrogens is 404 g/mol. The fourth-order valence-electron chi connectivity index (χ4n) is 3.97. The highest BCUT2D eigenvalue weighted by molar-refractivity contribution is 5.87. The van der Waals surface area contributed by atoms with Crippen LogP contribution in [0.1, 0.15) is 45.1 Å². The predicted octanol–water partition coefficient (Wildman–Crippen LogP) is 3.58. The Morgan fingerprint density at radius 2 is 1.91 bits per heavy atom. The fourth-order valence-corrected chi connectivity index (χ4v) is 3.97. The van der Waals surface area contributed by atoms with E-state index < -0.39 is 12.1 Å². The number of rotatable bonds is 9. The Balaban J connectivity index is 1.25. The first kappa shape index (κ1) is 22.0. The maximum Gasteiger partial charge on any atom is 0.335 e. The van der Waals surface area contributed by atoms with Crippen LogP contribution in [0.2, 0.25) is 0 Å². The molecular formula is C26H28N2O4. The van der Waals surface area contributed by atoms with Gasteiger partial charge in [0.15, 0.2) is 0 Å². The van der Waals surface area contributed by atoms with Gasteiger partial charge in [0.2, 0.25) is 0 Å². The molecule has 0 aliphatic carbocycles. The third-order valence-electron chi connectivity index (χ3n) is 5.84. The SMILES string of the molecule is O=C(O)c1ccc(CCc2ccc3c(c2)CCC(CNCC(O)c2cccnc2)O3)cc1. The molecule has 0 amide bonds. The molecule has 0 saturated heterocycles. The summed E-state index contributed by atoms with van der Waals surface area (Å²) >= 11 is 0. The first-order valence-corrected chi connectivity index (χ1v) is 11.0. The van der Waals surface area contributed by atoms with Crippen LogP contribution in [0.25, 0.3) is 0 Å². The van der Waals surface area contributed by atoms with Gasteiger partial charge in [0.1, 0.15) is 11.9 Å². The molecule has 3 aromatic rings. The normalized spacial score (nSPS) is 16.1. The summed E-state index contributed by atoms with van der Waals surface area (Å²) in [4.78, 5) is 15.0. The molecule has 0 saturated carbocycles. The van der Waals surface area contributed by atoms with E-state index in [2.05, 4.69) is 28.5 Å². The third kappa shape index (κ3) is 5.72. The zero-order valence-corrected chi connectivity index (χ0v) is 17.9. The molecule has 1 aromatic heterocycles. The monoisotopic (exact) mass is 432 g/mol. The van der Waals surface area contributed by atoms with Crippen molar-refractivity contribution >= 4 is 5.97 Å². The van der Waals surface area contributed by atoms with Crippen LogP contribution >= 0.6 is 0 Å². The molecule has 6 heteroatoms. The average Bonchev–Trinajstić information content (AvgIpc) is 2.83. The zero-order chi connectivity index (χ0) is 22.3. The van der Waals surface area contributed by atoms with Gasteiger partial charge in [0, 0.05) is 31.0 Å². The second kappa shape index (κ2) is 10.4. The Hall–Kier alpha value is -3.22. The molecule has 3 N–H and O–H groups in total. The van der Waals surface area contributed by atoms with Crippen molar-refractivity contribution in [2.24, 2.45) is 0 Å². The van der Waals surface area contributed by atoms with Crippen LogP contribution in [0.15, 0.2) is 67.0 Å². The molecule has 2 atom stereocenters.